The van der Waals surface area contributed by atoms with E-state index in [1.165, 1.54) is 4.90 Å². The Morgan fingerprint density at radius 1 is 1.36 bits per heavy atom. The maximum atomic E-state index is 10.7. The van der Waals surface area contributed by atoms with Gasteiger partial charge in [0.25, 0.3) is 0 Å². The monoisotopic (exact) mass is 233 g/mol. The minimum atomic E-state index is -1.00. The van der Waals surface area contributed by atoms with Crippen molar-refractivity contribution in [3.8, 4) is 0 Å². The first-order valence-corrected chi connectivity index (χ1v) is 4.52. The highest BCUT2D eigenvalue weighted by Gasteiger charge is 2.27. The molecule has 0 aliphatic carbocycles. The van der Waals surface area contributed by atoms with Crippen LogP contribution in [0.1, 0.15) is 11.3 Å². The minimum Gasteiger partial charge on any atom is -0.465 e. The zero-order chi connectivity index (χ0) is 10.3. The molecule has 0 saturated carbocycles. The van der Waals surface area contributed by atoms with Gasteiger partial charge in [0.2, 0.25) is 5.28 Å². The molecule has 0 spiro atoms. The van der Waals surface area contributed by atoms with Crippen molar-refractivity contribution in [3.05, 3.63) is 21.7 Å². The molecule has 0 unspecified atom stereocenters. The number of nitrogens with zero attached hydrogens (tertiary/aromatic N) is 3. The van der Waals surface area contributed by atoms with E-state index in [1.54, 1.807) is 0 Å². The maximum absolute atomic E-state index is 10.7. The molecular formula is C7H5Cl2N3O2. The molecule has 74 valence electrons. The van der Waals surface area contributed by atoms with E-state index in [4.69, 9.17) is 28.3 Å². The van der Waals surface area contributed by atoms with E-state index < -0.39 is 6.09 Å². The number of aromatic nitrogens is 2. The highest BCUT2D eigenvalue weighted by atomic mass is 35.5. The fraction of sp³-hybridized carbons (Fsp3) is 0.286. The van der Waals surface area contributed by atoms with E-state index >= 15 is 0 Å². The second kappa shape index (κ2) is 3.25. The normalized spacial score (nSPS) is 14.3. The number of fused-ring (bicyclic) bond motifs is 1. The molecule has 0 saturated heterocycles. The van der Waals surface area contributed by atoms with Crippen molar-refractivity contribution in [2.24, 2.45) is 0 Å². The summed E-state index contributed by atoms with van der Waals surface area (Å²) >= 11 is 11.4. The molecule has 0 atom stereocenters. The lowest BCUT2D eigenvalue weighted by Gasteiger charge is -2.08. The van der Waals surface area contributed by atoms with Crippen molar-refractivity contribution >= 4 is 29.3 Å². The predicted octanol–water partition coefficient (Wildman–Crippen LogP) is 1.78. The molecule has 7 heteroatoms. The molecule has 1 aliphatic rings. The lowest BCUT2D eigenvalue weighted by atomic mass is 10.3. The summed E-state index contributed by atoms with van der Waals surface area (Å²) in [5.41, 5.74) is 1.22. The Hall–Kier alpha value is -1.07. The molecule has 5 nitrogen and oxygen atoms in total. The van der Waals surface area contributed by atoms with Crippen molar-refractivity contribution in [1.29, 1.82) is 0 Å². The Morgan fingerprint density at radius 3 is 2.71 bits per heavy atom. The number of amides is 1. The Labute approximate surface area is 89.3 Å². The van der Waals surface area contributed by atoms with Gasteiger partial charge in [0.05, 0.1) is 18.8 Å². The standard InChI is InChI=1S/C7H5Cl2N3O2/c8-5-3-1-12(7(13)14)2-4(3)10-6(9)11-5/h1-2H2,(H,13,14). The third-order valence-electron chi connectivity index (χ3n) is 1.98. The summed E-state index contributed by atoms with van der Waals surface area (Å²) in [4.78, 5) is 19.5. The van der Waals surface area contributed by atoms with Crippen LogP contribution < -0.4 is 0 Å². The number of carboxylic acid groups (broad SMARTS) is 1. The Kier molecular flexibility index (Phi) is 2.20. The Bertz CT molecular complexity index is 410. The van der Waals surface area contributed by atoms with Crippen molar-refractivity contribution in [1.82, 2.24) is 14.9 Å². The van der Waals surface area contributed by atoms with Gasteiger partial charge in [-0.1, -0.05) is 11.6 Å². The molecule has 14 heavy (non-hydrogen) atoms. The lowest BCUT2D eigenvalue weighted by Crippen LogP contribution is -2.22. The van der Waals surface area contributed by atoms with E-state index in [-0.39, 0.29) is 23.5 Å². The molecule has 0 fully saturated rings. The first-order chi connectivity index (χ1) is 6.58. The average molecular weight is 234 g/mol. The number of carbonyl (C=O) groups is 1. The number of rotatable bonds is 0. The molecule has 1 aromatic heterocycles. The molecule has 2 rings (SSSR count). The van der Waals surface area contributed by atoms with Gasteiger partial charge in [0.1, 0.15) is 5.15 Å². The number of hydrogen-bond donors (Lipinski definition) is 1. The third-order valence-corrected chi connectivity index (χ3v) is 2.46. The molecule has 0 aromatic carbocycles. The number of halogens is 2. The van der Waals surface area contributed by atoms with Crippen LogP contribution >= 0.6 is 23.2 Å². The highest BCUT2D eigenvalue weighted by molar-refractivity contribution is 6.32. The summed E-state index contributed by atoms with van der Waals surface area (Å²) in [6, 6.07) is 0. The molecule has 1 N–H and O–H groups in total. The van der Waals surface area contributed by atoms with Gasteiger partial charge < -0.3 is 5.11 Å². The summed E-state index contributed by atoms with van der Waals surface area (Å²) in [7, 11) is 0. The van der Waals surface area contributed by atoms with Gasteiger partial charge in [-0.2, -0.15) is 0 Å². The first-order valence-electron chi connectivity index (χ1n) is 3.76. The van der Waals surface area contributed by atoms with Crippen LogP contribution in [0.4, 0.5) is 4.79 Å². The topological polar surface area (TPSA) is 66.3 Å². The Balaban J connectivity index is 2.39. The fourth-order valence-corrected chi connectivity index (χ4v) is 1.80. The van der Waals surface area contributed by atoms with Gasteiger partial charge in [-0.25, -0.2) is 14.8 Å². The predicted molar refractivity (Wildman–Crippen MR) is 49.3 cm³/mol. The second-order valence-corrected chi connectivity index (χ2v) is 3.54. The Morgan fingerprint density at radius 2 is 2.07 bits per heavy atom. The van der Waals surface area contributed by atoms with Gasteiger partial charge in [0.15, 0.2) is 0 Å². The van der Waals surface area contributed by atoms with E-state index in [0.29, 0.717) is 11.3 Å². The molecule has 1 amide bonds. The van der Waals surface area contributed by atoms with Gasteiger partial charge in [0, 0.05) is 5.56 Å². The van der Waals surface area contributed by atoms with E-state index in [9.17, 15) is 4.79 Å². The van der Waals surface area contributed by atoms with Crippen LogP contribution in [0, 0.1) is 0 Å². The quantitative estimate of drug-likeness (QED) is 0.548. The molecule has 0 radical (unpaired) electrons. The summed E-state index contributed by atoms with van der Waals surface area (Å²) < 4.78 is 0. The van der Waals surface area contributed by atoms with Crippen LogP contribution in [0.2, 0.25) is 10.4 Å². The smallest absolute Gasteiger partial charge is 0.407 e. The lowest BCUT2D eigenvalue weighted by molar-refractivity contribution is 0.145. The van der Waals surface area contributed by atoms with Crippen LogP contribution in [0.25, 0.3) is 0 Å². The molecular weight excluding hydrogens is 229 g/mol. The second-order valence-electron chi connectivity index (χ2n) is 2.85. The number of hydrogen-bond acceptors (Lipinski definition) is 3. The zero-order valence-corrected chi connectivity index (χ0v) is 8.38. The molecule has 2 heterocycles. The zero-order valence-electron chi connectivity index (χ0n) is 6.87. The van der Waals surface area contributed by atoms with Crippen molar-refractivity contribution < 1.29 is 9.90 Å². The van der Waals surface area contributed by atoms with Gasteiger partial charge in [-0.15, -0.1) is 0 Å². The van der Waals surface area contributed by atoms with Crippen LogP contribution in [-0.2, 0) is 13.1 Å². The van der Waals surface area contributed by atoms with Crippen molar-refractivity contribution in [2.75, 3.05) is 0 Å². The van der Waals surface area contributed by atoms with E-state index in [0.717, 1.165) is 0 Å². The van der Waals surface area contributed by atoms with Crippen LogP contribution in [-0.4, -0.2) is 26.1 Å². The summed E-state index contributed by atoms with van der Waals surface area (Å²) in [5, 5.41) is 9.02. The van der Waals surface area contributed by atoms with E-state index in [1.807, 2.05) is 0 Å². The van der Waals surface area contributed by atoms with Crippen LogP contribution in [0.5, 0.6) is 0 Å². The SMILES string of the molecule is O=C(O)N1Cc2nc(Cl)nc(Cl)c2C1. The van der Waals surface area contributed by atoms with Crippen LogP contribution in [0.15, 0.2) is 0 Å². The molecule has 1 aliphatic heterocycles. The van der Waals surface area contributed by atoms with Gasteiger partial charge in [-0.05, 0) is 11.6 Å². The van der Waals surface area contributed by atoms with Crippen molar-refractivity contribution in [2.45, 2.75) is 13.1 Å². The van der Waals surface area contributed by atoms with Gasteiger partial charge in [-0.3, -0.25) is 4.90 Å². The fourth-order valence-electron chi connectivity index (χ4n) is 1.32. The van der Waals surface area contributed by atoms with Gasteiger partial charge >= 0.3 is 6.09 Å². The van der Waals surface area contributed by atoms with Crippen LogP contribution in [0.3, 0.4) is 0 Å². The average Bonchev–Trinajstić information content (AvgIpc) is 2.47. The van der Waals surface area contributed by atoms with Crippen molar-refractivity contribution in [3.63, 3.8) is 0 Å². The summed E-state index contributed by atoms with van der Waals surface area (Å²) in [6.45, 7) is 0.438. The minimum absolute atomic E-state index is 0.0426. The first kappa shape index (κ1) is 9.48. The highest BCUT2D eigenvalue weighted by Crippen LogP contribution is 2.27. The van der Waals surface area contributed by atoms with E-state index in [2.05, 4.69) is 9.97 Å². The summed E-state index contributed by atoms with van der Waals surface area (Å²) in [5.74, 6) is 0. The molecule has 1 aromatic rings. The maximum Gasteiger partial charge on any atom is 0.407 e. The molecule has 0 bridgehead atoms. The summed E-state index contributed by atoms with van der Waals surface area (Å²) in [6.07, 6.45) is -1.00. The largest absolute Gasteiger partial charge is 0.465 e. The third kappa shape index (κ3) is 1.49.